The highest BCUT2D eigenvalue weighted by molar-refractivity contribution is 5.05. The Kier molecular flexibility index (Phi) is 3.44. The second-order valence-corrected chi connectivity index (χ2v) is 5.04. The average molecular weight is 211 g/mol. The van der Waals surface area contributed by atoms with Crippen molar-refractivity contribution >= 4 is 0 Å². The van der Waals surface area contributed by atoms with Gasteiger partial charge in [0.2, 0.25) is 0 Å². The van der Waals surface area contributed by atoms with Gasteiger partial charge in [0.15, 0.2) is 6.29 Å². The number of hydrogen-bond donors (Lipinski definition) is 3. The van der Waals surface area contributed by atoms with Gasteiger partial charge in [0.1, 0.15) is 0 Å². The molecule has 0 radical (unpaired) electrons. The molecule has 3 heteroatoms. The van der Waals surface area contributed by atoms with Crippen LogP contribution in [0.4, 0.5) is 0 Å². The molecule has 0 aromatic heterocycles. The molecule has 3 nitrogen and oxygen atoms in total. The van der Waals surface area contributed by atoms with Crippen molar-refractivity contribution in [3.63, 3.8) is 0 Å². The number of allylic oxidation sites excluding steroid dienone is 2. The first kappa shape index (κ1) is 11.1. The molecule has 2 bridgehead atoms. The van der Waals surface area contributed by atoms with E-state index < -0.39 is 12.3 Å². The average Bonchev–Trinajstić information content (AvgIpc) is 2.27. The Morgan fingerprint density at radius 1 is 1.27 bits per heavy atom. The predicted octanol–water partition coefficient (Wildman–Crippen LogP) is 1.01. The normalized spacial score (nSPS) is 36.1. The summed E-state index contributed by atoms with van der Waals surface area (Å²) in [6.07, 6.45) is 9.02. The first-order valence-electron chi connectivity index (χ1n) is 5.97. The van der Waals surface area contributed by atoms with Gasteiger partial charge in [0, 0.05) is 0 Å². The van der Waals surface area contributed by atoms with Crippen LogP contribution >= 0.6 is 0 Å². The van der Waals surface area contributed by atoms with Gasteiger partial charge in [-0.1, -0.05) is 12.2 Å². The Labute approximate surface area is 91.0 Å². The Balaban J connectivity index is 1.79. The molecule has 0 aromatic rings. The summed E-state index contributed by atoms with van der Waals surface area (Å²) in [6, 6.07) is -0.477. The van der Waals surface area contributed by atoms with Crippen molar-refractivity contribution in [3.05, 3.63) is 12.2 Å². The van der Waals surface area contributed by atoms with Gasteiger partial charge < -0.3 is 15.9 Å². The fourth-order valence-electron chi connectivity index (χ4n) is 2.94. The van der Waals surface area contributed by atoms with E-state index in [0.717, 1.165) is 30.6 Å². The molecule has 15 heavy (non-hydrogen) atoms. The lowest BCUT2D eigenvalue weighted by Gasteiger charge is -2.38. The zero-order valence-electron chi connectivity index (χ0n) is 9.05. The lowest BCUT2D eigenvalue weighted by molar-refractivity contribution is -0.0611. The van der Waals surface area contributed by atoms with E-state index in [4.69, 9.17) is 15.9 Å². The highest BCUT2D eigenvalue weighted by atomic mass is 16.5. The summed E-state index contributed by atoms with van der Waals surface area (Å²) in [5, 5.41) is 17.8. The van der Waals surface area contributed by atoms with Crippen molar-refractivity contribution in [2.24, 2.45) is 23.5 Å². The molecular formula is C12H21NO2. The molecule has 3 aliphatic carbocycles. The number of aliphatic hydroxyl groups is 2. The molecule has 3 unspecified atom stereocenters. The van der Waals surface area contributed by atoms with Crippen molar-refractivity contribution in [1.29, 1.82) is 0 Å². The lowest BCUT2D eigenvalue weighted by Crippen LogP contribution is -2.36. The van der Waals surface area contributed by atoms with Crippen LogP contribution in [0.2, 0.25) is 0 Å². The van der Waals surface area contributed by atoms with Crippen molar-refractivity contribution < 1.29 is 10.2 Å². The Morgan fingerprint density at radius 3 is 2.53 bits per heavy atom. The summed E-state index contributed by atoms with van der Waals surface area (Å²) in [5.74, 6) is 2.21. The second kappa shape index (κ2) is 4.64. The van der Waals surface area contributed by atoms with Gasteiger partial charge in [0.25, 0.3) is 0 Å². The maximum atomic E-state index is 8.90. The van der Waals surface area contributed by atoms with Crippen molar-refractivity contribution in [2.45, 2.75) is 44.4 Å². The zero-order chi connectivity index (χ0) is 10.8. The number of nitrogens with two attached hydrogens (primary N) is 1. The molecule has 0 spiro atoms. The van der Waals surface area contributed by atoms with Crippen molar-refractivity contribution in [2.75, 3.05) is 0 Å². The smallest absolute Gasteiger partial charge is 0.166 e. The predicted molar refractivity (Wildman–Crippen MR) is 58.9 cm³/mol. The van der Waals surface area contributed by atoms with Crippen molar-refractivity contribution in [3.8, 4) is 0 Å². The number of aliphatic hydroxyl groups excluding tert-OH is 1. The molecule has 0 aliphatic heterocycles. The first-order chi connectivity index (χ1) is 7.16. The second-order valence-electron chi connectivity index (χ2n) is 5.04. The van der Waals surface area contributed by atoms with Crippen LogP contribution in [0.25, 0.3) is 0 Å². The van der Waals surface area contributed by atoms with E-state index in [9.17, 15) is 0 Å². The quantitative estimate of drug-likeness (QED) is 0.480. The van der Waals surface area contributed by atoms with E-state index in [0.29, 0.717) is 0 Å². The Hall–Kier alpha value is -0.380. The summed E-state index contributed by atoms with van der Waals surface area (Å²) in [4.78, 5) is 0. The summed E-state index contributed by atoms with van der Waals surface area (Å²) >= 11 is 0. The monoisotopic (exact) mass is 211 g/mol. The van der Waals surface area contributed by atoms with Crippen LogP contribution in [0.15, 0.2) is 12.2 Å². The molecule has 4 atom stereocenters. The van der Waals surface area contributed by atoms with Crippen LogP contribution < -0.4 is 5.73 Å². The number of hydrogen-bond acceptors (Lipinski definition) is 3. The SMILES string of the molecule is N[C@@H](CCC1CC2C=CC1CC2)C(O)O. The molecule has 0 aromatic carbocycles. The fourth-order valence-corrected chi connectivity index (χ4v) is 2.94. The highest BCUT2D eigenvalue weighted by Crippen LogP contribution is 2.42. The van der Waals surface area contributed by atoms with Gasteiger partial charge in [-0.25, -0.2) is 0 Å². The molecule has 0 heterocycles. The third kappa shape index (κ3) is 2.60. The van der Waals surface area contributed by atoms with E-state index >= 15 is 0 Å². The summed E-state index contributed by atoms with van der Waals surface area (Å²) in [5.41, 5.74) is 5.61. The molecule has 4 N–H and O–H groups in total. The van der Waals surface area contributed by atoms with Crippen LogP contribution in [0.5, 0.6) is 0 Å². The lowest BCUT2D eigenvalue weighted by atomic mass is 9.67. The van der Waals surface area contributed by atoms with Gasteiger partial charge in [-0.05, 0) is 49.9 Å². The molecule has 1 saturated carbocycles. The number of fused-ring (bicyclic) bond motifs is 2. The third-order valence-corrected chi connectivity index (χ3v) is 3.97. The maximum absolute atomic E-state index is 8.90. The van der Waals surface area contributed by atoms with Crippen LogP contribution in [0.1, 0.15) is 32.1 Å². The summed E-state index contributed by atoms with van der Waals surface area (Å²) < 4.78 is 0. The molecular weight excluding hydrogens is 190 g/mol. The summed E-state index contributed by atoms with van der Waals surface area (Å²) in [7, 11) is 0. The van der Waals surface area contributed by atoms with Gasteiger partial charge in [-0.2, -0.15) is 0 Å². The van der Waals surface area contributed by atoms with E-state index in [1.165, 1.54) is 19.3 Å². The third-order valence-electron chi connectivity index (χ3n) is 3.97. The van der Waals surface area contributed by atoms with Gasteiger partial charge in [0.05, 0.1) is 6.04 Å². The van der Waals surface area contributed by atoms with E-state index in [2.05, 4.69) is 12.2 Å². The highest BCUT2D eigenvalue weighted by Gasteiger charge is 2.31. The Morgan fingerprint density at radius 2 is 2.07 bits per heavy atom. The number of rotatable bonds is 4. The van der Waals surface area contributed by atoms with Crippen LogP contribution in [-0.2, 0) is 0 Å². The summed E-state index contributed by atoms with van der Waals surface area (Å²) in [6.45, 7) is 0. The maximum Gasteiger partial charge on any atom is 0.166 e. The van der Waals surface area contributed by atoms with Gasteiger partial charge in [-0.3, -0.25) is 0 Å². The van der Waals surface area contributed by atoms with Gasteiger partial charge in [-0.15, -0.1) is 0 Å². The van der Waals surface area contributed by atoms with E-state index in [1.807, 2.05) is 0 Å². The van der Waals surface area contributed by atoms with Crippen LogP contribution in [-0.4, -0.2) is 22.5 Å². The van der Waals surface area contributed by atoms with Gasteiger partial charge >= 0.3 is 0 Å². The zero-order valence-corrected chi connectivity index (χ0v) is 9.05. The van der Waals surface area contributed by atoms with Crippen molar-refractivity contribution in [1.82, 2.24) is 0 Å². The molecule has 86 valence electrons. The van der Waals surface area contributed by atoms with E-state index in [-0.39, 0.29) is 0 Å². The molecule has 0 amide bonds. The molecule has 1 fully saturated rings. The Bertz CT molecular complexity index is 240. The largest absolute Gasteiger partial charge is 0.367 e. The topological polar surface area (TPSA) is 66.5 Å². The first-order valence-corrected chi connectivity index (χ1v) is 5.97. The fraction of sp³-hybridized carbons (Fsp3) is 0.833. The molecule has 3 aliphatic rings. The van der Waals surface area contributed by atoms with E-state index in [1.54, 1.807) is 0 Å². The minimum Gasteiger partial charge on any atom is -0.367 e. The standard InChI is InChI=1S/C12H21NO2/c13-11(12(14)15)6-5-10-7-8-1-3-9(10)4-2-8/h1,3,8-12,14-15H,2,4-7,13H2/t8?,9?,10?,11-/m0/s1. The minimum atomic E-state index is -1.36. The van der Waals surface area contributed by atoms with Crippen LogP contribution in [0.3, 0.4) is 0 Å². The minimum absolute atomic E-state index is 0.477. The molecule has 0 saturated heterocycles. The molecule has 3 rings (SSSR count). The van der Waals surface area contributed by atoms with Crippen LogP contribution in [0, 0.1) is 17.8 Å².